The molecule has 0 saturated carbocycles. The van der Waals surface area contributed by atoms with Gasteiger partial charge in [-0.15, -0.1) is 0 Å². The molecule has 0 aliphatic rings. The minimum atomic E-state index is -0.254. The summed E-state index contributed by atoms with van der Waals surface area (Å²) in [7, 11) is 1.56. The first kappa shape index (κ1) is 17.6. The summed E-state index contributed by atoms with van der Waals surface area (Å²) in [4.78, 5) is 0. The van der Waals surface area contributed by atoms with Gasteiger partial charge in [0, 0.05) is 5.92 Å². The highest BCUT2D eigenvalue weighted by molar-refractivity contribution is 6.32. The fraction of sp³-hybridized carbons (Fsp3) is 0.333. The van der Waals surface area contributed by atoms with Gasteiger partial charge in [0.1, 0.15) is 5.82 Å². The van der Waals surface area contributed by atoms with E-state index in [0.717, 1.165) is 11.1 Å². The minimum absolute atomic E-state index is 0.0783. The molecule has 0 fully saturated rings. The van der Waals surface area contributed by atoms with Crippen molar-refractivity contribution in [2.24, 2.45) is 5.73 Å². The van der Waals surface area contributed by atoms with Gasteiger partial charge in [-0.1, -0.05) is 23.7 Å². The second kappa shape index (κ2) is 8.18. The van der Waals surface area contributed by atoms with Gasteiger partial charge in [-0.3, -0.25) is 0 Å². The fourth-order valence-corrected chi connectivity index (χ4v) is 2.87. The summed E-state index contributed by atoms with van der Waals surface area (Å²) in [5.74, 6) is 0.973. The van der Waals surface area contributed by atoms with Gasteiger partial charge in [-0.05, 0) is 55.3 Å². The highest BCUT2D eigenvalue weighted by Crippen LogP contribution is 2.37. The van der Waals surface area contributed by atoms with Crippen LogP contribution in [0.15, 0.2) is 36.4 Å². The van der Waals surface area contributed by atoms with Crippen molar-refractivity contribution in [3.05, 3.63) is 58.4 Å². The van der Waals surface area contributed by atoms with Crippen LogP contribution in [0.3, 0.4) is 0 Å². The van der Waals surface area contributed by atoms with Crippen LogP contribution in [-0.4, -0.2) is 20.3 Å². The summed E-state index contributed by atoms with van der Waals surface area (Å²) in [5, 5.41) is 0.503. The number of benzene rings is 2. The molecule has 3 nitrogen and oxygen atoms in total. The molecule has 2 N–H and O–H groups in total. The van der Waals surface area contributed by atoms with E-state index in [1.807, 2.05) is 19.1 Å². The molecule has 0 saturated heterocycles. The maximum Gasteiger partial charge on any atom is 0.179 e. The molecule has 2 aromatic rings. The predicted octanol–water partition coefficient (Wildman–Crippen LogP) is 4.17. The normalized spacial score (nSPS) is 12.0. The lowest BCUT2D eigenvalue weighted by Gasteiger charge is -2.18. The Kier molecular flexibility index (Phi) is 6.25. The Labute approximate surface area is 141 Å². The Morgan fingerprint density at radius 3 is 2.48 bits per heavy atom. The van der Waals surface area contributed by atoms with Crippen LogP contribution in [0.1, 0.15) is 24.0 Å². The molecule has 1 unspecified atom stereocenters. The first-order valence-electron chi connectivity index (χ1n) is 7.53. The highest BCUT2D eigenvalue weighted by Gasteiger charge is 2.16. The predicted molar refractivity (Wildman–Crippen MR) is 91.1 cm³/mol. The van der Waals surface area contributed by atoms with Crippen LogP contribution in [0, 0.1) is 5.82 Å². The molecule has 5 heteroatoms. The molecule has 0 spiro atoms. The van der Waals surface area contributed by atoms with Gasteiger partial charge in [0.05, 0.1) is 18.7 Å². The number of hydrogen-bond acceptors (Lipinski definition) is 3. The lowest BCUT2D eigenvalue weighted by atomic mass is 9.92. The fourth-order valence-electron chi connectivity index (χ4n) is 2.56. The summed E-state index contributed by atoms with van der Waals surface area (Å²) in [6.45, 7) is 2.88. The van der Waals surface area contributed by atoms with Crippen molar-refractivity contribution in [3.8, 4) is 11.5 Å². The average molecular weight is 338 g/mol. The van der Waals surface area contributed by atoms with Crippen molar-refractivity contribution in [1.82, 2.24) is 0 Å². The quantitative estimate of drug-likeness (QED) is 0.824. The smallest absolute Gasteiger partial charge is 0.179 e. The molecule has 0 heterocycles. The van der Waals surface area contributed by atoms with E-state index in [1.54, 1.807) is 19.2 Å². The first-order valence-corrected chi connectivity index (χ1v) is 7.91. The second-order valence-corrected chi connectivity index (χ2v) is 5.64. The van der Waals surface area contributed by atoms with Gasteiger partial charge in [0.2, 0.25) is 0 Å². The third-order valence-electron chi connectivity index (χ3n) is 3.68. The van der Waals surface area contributed by atoms with E-state index >= 15 is 0 Å². The average Bonchev–Trinajstić information content (AvgIpc) is 2.54. The number of methoxy groups -OCH3 is 1. The molecule has 0 aromatic heterocycles. The van der Waals surface area contributed by atoms with Crippen LogP contribution >= 0.6 is 11.6 Å². The minimum Gasteiger partial charge on any atom is -0.491 e. The molecule has 0 bridgehead atoms. The molecule has 0 aliphatic heterocycles. The van der Waals surface area contributed by atoms with Crippen LogP contribution in [0.25, 0.3) is 0 Å². The monoisotopic (exact) mass is 337 g/mol. The largest absolute Gasteiger partial charge is 0.491 e. The van der Waals surface area contributed by atoms with Gasteiger partial charge in [0.25, 0.3) is 0 Å². The maximum absolute atomic E-state index is 13.1. The molecule has 0 radical (unpaired) electrons. The Morgan fingerprint density at radius 1 is 1.22 bits per heavy atom. The molecule has 0 aliphatic carbocycles. The molecule has 2 aromatic carbocycles. The van der Waals surface area contributed by atoms with Crippen LogP contribution < -0.4 is 15.2 Å². The van der Waals surface area contributed by atoms with Crippen LogP contribution in [0.5, 0.6) is 11.5 Å². The molecule has 2 rings (SSSR count). The maximum atomic E-state index is 13.1. The number of halogens is 2. The second-order valence-electron chi connectivity index (χ2n) is 5.23. The molecule has 23 heavy (non-hydrogen) atoms. The van der Waals surface area contributed by atoms with E-state index < -0.39 is 0 Å². The highest BCUT2D eigenvalue weighted by atomic mass is 35.5. The van der Waals surface area contributed by atoms with E-state index in [0.29, 0.717) is 36.1 Å². The van der Waals surface area contributed by atoms with Crippen LogP contribution in [-0.2, 0) is 6.42 Å². The van der Waals surface area contributed by atoms with Crippen molar-refractivity contribution in [1.29, 1.82) is 0 Å². The molecular weight excluding hydrogens is 317 g/mol. The van der Waals surface area contributed by atoms with E-state index in [-0.39, 0.29) is 11.7 Å². The standard InChI is InChI=1S/C18H21ClFNO2/c1-3-23-17-10-12(9-16(19)18(17)22-2)8-14(11-21)13-4-6-15(20)7-5-13/h4-7,9-10,14H,3,8,11,21H2,1-2H3. The first-order chi connectivity index (χ1) is 11.1. The SMILES string of the molecule is CCOc1cc(CC(CN)c2ccc(F)cc2)cc(Cl)c1OC. The van der Waals surface area contributed by atoms with Crippen molar-refractivity contribution < 1.29 is 13.9 Å². The summed E-state index contributed by atoms with van der Waals surface area (Å²) >= 11 is 6.28. The number of rotatable bonds is 7. The summed E-state index contributed by atoms with van der Waals surface area (Å²) in [5.41, 5.74) is 7.90. The van der Waals surface area contributed by atoms with Crippen molar-refractivity contribution in [2.75, 3.05) is 20.3 Å². The Balaban J connectivity index is 2.28. The Bertz CT molecular complexity index is 646. The number of ether oxygens (including phenoxy) is 2. The summed E-state index contributed by atoms with van der Waals surface area (Å²) < 4.78 is 24.0. The molecule has 124 valence electrons. The zero-order chi connectivity index (χ0) is 16.8. The lowest BCUT2D eigenvalue weighted by molar-refractivity contribution is 0.310. The Hall–Kier alpha value is -1.78. The van der Waals surface area contributed by atoms with Crippen LogP contribution in [0.4, 0.5) is 4.39 Å². The van der Waals surface area contributed by atoms with Gasteiger partial charge in [-0.25, -0.2) is 4.39 Å². The topological polar surface area (TPSA) is 44.5 Å². The van der Waals surface area contributed by atoms with Crippen LogP contribution in [0.2, 0.25) is 5.02 Å². The van der Waals surface area contributed by atoms with Gasteiger partial charge in [0.15, 0.2) is 11.5 Å². The van der Waals surface area contributed by atoms with E-state index in [2.05, 4.69) is 0 Å². The zero-order valence-electron chi connectivity index (χ0n) is 13.3. The summed E-state index contributed by atoms with van der Waals surface area (Å²) in [6.07, 6.45) is 0.686. The van der Waals surface area contributed by atoms with E-state index in [9.17, 15) is 4.39 Å². The Morgan fingerprint density at radius 2 is 1.91 bits per heavy atom. The molecule has 0 amide bonds. The van der Waals surface area contributed by atoms with Gasteiger partial charge in [-0.2, -0.15) is 0 Å². The van der Waals surface area contributed by atoms with Crippen molar-refractivity contribution in [3.63, 3.8) is 0 Å². The third kappa shape index (κ3) is 4.36. The number of nitrogens with two attached hydrogens (primary N) is 1. The van der Waals surface area contributed by atoms with E-state index in [1.165, 1.54) is 12.1 Å². The van der Waals surface area contributed by atoms with E-state index in [4.69, 9.17) is 26.8 Å². The van der Waals surface area contributed by atoms with Crippen molar-refractivity contribution >= 4 is 11.6 Å². The lowest BCUT2D eigenvalue weighted by Crippen LogP contribution is -2.15. The molecule has 1 atom stereocenters. The van der Waals surface area contributed by atoms with Gasteiger partial charge < -0.3 is 15.2 Å². The molecular formula is C18H21ClFNO2. The zero-order valence-corrected chi connectivity index (χ0v) is 14.1. The number of hydrogen-bond donors (Lipinski definition) is 1. The summed E-state index contributed by atoms with van der Waals surface area (Å²) in [6, 6.07) is 10.2. The van der Waals surface area contributed by atoms with Gasteiger partial charge >= 0.3 is 0 Å². The van der Waals surface area contributed by atoms with Crippen molar-refractivity contribution in [2.45, 2.75) is 19.3 Å². The third-order valence-corrected chi connectivity index (χ3v) is 3.96.